The Morgan fingerprint density at radius 1 is 0.769 bits per heavy atom. The summed E-state index contributed by atoms with van der Waals surface area (Å²) >= 11 is 4.70. The van der Waals surface area contributed by atoms with Gasteiger partial charge in [0.25, 0.3) is 0 Å². The number of ether oxygens (including phenoxy) is 1. The van der Waals surface area contributed by atoms with E-state index in [0.717, 1.165) is 23.2 Å². The van der Waals surface area contributed by atoms with Crippen molar-refractivity contribution in [1.29, 1.82) is 0 Å². The number of benzene rings is 1. The highest BCUT2D eigenvalue weighted by molar-refractivity contribution is 14.2. The minimum Gasteiger partial charge on any atom is -0.377 e. The number of hydrogen-bond donors (Lipinski definition) is 0. The zero-order valence-corrected chi connectivity index (χ0v) is 32.4. The van der Waals surface area contributed by atoms with E-state index in [-0.39, 0.29) is 1.43 Å². The Morgan fingerprint density at radius 2 is 1.18 bits per heavy atom. The molecule has 0 amide bonds. The van der Waals surface area contributed by atoms with Crippen LogP contribution in [0.2, 0.25) is 0 Å². The molecule has 5 rings (SSSR count). The highest BCUT2D eigenvalue weighted by atomic mass is 127. The Kier molecular flexibility index (Phi) is 13.9. The van der Waals surface area contributed by atoms with Crippen LogP contribution in [0.1, 0.15) is 127 Å². The normalized spacial score (nSPS) is 26.4. The van der Waals surface area contributed by atoms with Crippen molar-refractivity contribution < 1.29 is 6.16 Å². The van der Waals surface area contributed by atoms with Crippen molar-refractivity contribution in [3.63, 3.8) is 0 Å². The van der Waals surface area contributed by atoms with Gasteiger partial charge in [-0.2, -0.15) is 0 Å². The zero-order valence-electron chi connectivity index (χ0n) is 27.1. The van der Waals surface area contributed by atoms with Crippen LogP contribution >= 0.6 is 50.9 Å². The maximum atomic E-state index is 5.42. The van der Waals surface area contributed by atoms with Crippen LogP contribution in [0.15, 0.2) is 35.4 Å². The number of fused-ring (bicyclic) bond motifs is 1. The topological polar surface area (TPSA) is 9.23 Å². The van der Waals surface area contributed by atoms with Crippen molar-refractivity contribution in [2.45, 2.75) is 131 Å². The van der Waals surface area contributed by atoms with Crippen molar-refractivity contribution in [3.05, 3.63) is 46.5 Å². The van der Waals surface area contributed by atoms with E-state index in [4.69, 9.17) is 4.74 Å². The number of halogens is 2. The van der Waals surface area contributed by atoms with Gasteiger partial charge in [-0.05, 0) is 96.2 Å². The molecule has 2 atom stereocenters. The van der Waals surface area contributed by atoms with Crippen LogP contribution in [-0.4, -0.2) is 23.8 Å². The van der Waals surface area contributed by atoms with Crippen LogP contribution in [0.4, 0.5) is 0 Å². The van der Waals surface area contributed by atoms with Gasteiger partial charge < -0.3 is 4.74 Å². The molecule has 3 aliphatic carbocycles. The fraction of sp³-hybridized carbons (Fsp3) is 0.771. The van der Waals surface area contributed by atoms with Crippen molar-refractivity contribution in [1.82, 2.24) is 0 Å². The lowest BCUT2D eigenvalue weighted by Crippen LogP contribution is -2.30. The molecule has 0 saturated carbocycles. The first-order chi connectivity index (χ1) is 18.1. The molecule has 39 heavy (non-hydrogen) atoms. The van der Waals surface area contributed by atoms with Gasteiger partial charge in [0.2, 0.25) is 0 Å². The van der Waals surface area contributed by atoms with E-state index in [1.54, 1.807) is 11.1 Å². The number of allylic oxidation sites excluding steroid dienone is 2. The lowest BCUT2D eigenvalue weighted by Gasteiger charge is -2.35. The molecule has 4 aliphatic rings. The number of rotatable bonds is 1. The Bertz CT molecular complexity index is 883. The Hall–Kier alpha value is 0.810. The van der Waals surface area contributed by atoms with E-state index in [1.165, 1.54) is 56.1 Å². The third-order valence-electron chi connectivity index (χ3n) is 11.1. The second kappa shape index (κ2) is 15.0. The molecule has 0 bridgehead atoms. The zero-order chi connectivity index (χ0) is 29.6. The monoisotopic (exact) mass is 782 g/mol. The van der Waals surface area contributed by atoms with E-state index in [0.29, 0.717) is 33.7 Å². The lowest BCUT2D eigenvalue weighted by molar-refractivity contribution is 0.0333. The molecule has 1 aromatic rings. The average molecular weight is 783 g/mol. The first-order valence-corrected chi connectivity index (χ1v) is 21.5. The largest absolute Gasteiger partial charge is 0.377 e. The molecule has 1 saturated heterocycles. The van der Waals surface area contributed by atoms with Gasteiger partial charge in [-0.3, -0.25) is 0 Å². The number of hydrogen-bond acceptors (Lipinski definition) is 1. The minimum absolute atomic E-state index is 0. The van der Waals surface area contributed by atoms with Gasteiger partial charge in [-0.15, -0.1) is 0 Å². The molecule has 4 heteroatoms. The third-order valence-corrected chi connectivity index (χ3v) is 12.1. The smallest absolute Gasteiger partial charge is 0.0664 e. The lowest BCUT2D eigenvalue weighted by atomic mass is 9.69. The Labute approximate surface area is 273 Å². The van der Waals surface area contributed by atoms with Crippen LogP contribution in [-0.2, 0) is 15.6 Å². The molecule has 1 nitrogen and oxygen atoms in total. The summed E-state index contributed by atoms with van der Waals surface area (Å²) in [7, 11) is 0. The highest BCUT2D eigenvalue weighted by Crippen LogP contribution is 2.60. The summed E-state index contributed by atoms with van der Waals surface area (Å²) in [6, 6.07) is 8.91. The number of alkyl halides is 1. The fourth-order valence-electron chi connectivity index (χ4n) is 7.66. The third kappa shape index (κ3) is 8.05. The molecule has 0 N–H and O–H groups in total. The maximum Gasteiger partial charge on any atom is 0.0664 e. The van der Waals surface area contributed by atoms with Crippen LogP contribution in [0, 0.1) is 22.7 Å². The van der Waals surface area contributed by atoms with Gasteiger partial charge in [0.1, 0.15) is 0 Å². The highest BCUT2D eigenvalue weighted by Gasteiger charge is 2.50. The summed E-state index contributed by atoms with van der Waals surface area (Å²) in [6.45, 7) is 27.2. The van der Waals surface area contributed by atoms with Gasteiger partial charge >= 0.3 is 0 Å². The van der Waals surface area contributed by atoms with Gasteiger partial charge in [-0.1, -0.05) is 156 Å². The first kappa shape index (κ1) is 36.0. The molecule has 2 unspecified atom stereocenters. The van der Waals surface area contributed by atoms with E-state index < -0.39 is 0 Å². The molecule has 226 valence electrons. The molecule has 0 aromatic heterocycles. The summed E-state index contributed by atoms with van der Waals surface area (Å²) in [5.41, 5.74) is 8.25. The second-order valence-corrected chi connectivity index (χ2v) is 18.9. The Morgan fingerprint density at radius 3 is 1.51 bits per heavy atom. The van der Waals surface area contributed by atoms with Gasteiger partial charge in [0.05, 0.1) is 6.10 Å². The maximum absolute atomic E-state index is 5.42. The van der Waals surface area contributed by atoms with E-state index >= 15 is 0 Å². The second-order valence-electron chi connectivity index (χ2n) is 14.4. The molecule has 0 radical (unpaired) electrons. The van der Waals surface area contributed by atoms with Crippen LogP contribution in [0.3, 0.4) is 0 Å². The summed E-state index contributed by atoms with van der Waals surface area (Å²) < 4.78 is 6.58. The Balaban J connectivity index is 0.000000292. The summed E-state index contributed by atoms with van der Waals surface area (Å²) in [5.74, 6) is 1.51. The standard InChI is InChI=1S/C14H24.C14H20.C6H11IO.CH4IP.H2/c2*1-10-13(2,3)11-8-6-7-9-12(11)14(10,4)5;7-5-6-3-1-2-4-8-6;1-3-2;/h10H,6-9H2,1-5H3;6-10H,1-5H3;6H,1-5H2;3H,1H3;1H. The van der Waals surface area contributed by atoms with Gasteiger partial charge in [0, 0.05) is 12.5 Å². The average Bonchev–Trinajstić information content (AvgIpc) is 3.15. The van der Waals surface area contributed by atoms with Crippen molar-refractivity contribution in [3.8, 4) is 0 Å². The summed E-state index contributed by atoms with van der Waals surface area (Å²) in [5, 5.41) is 0. The molecule has 1 aromatic carbocycles. The molecule has 1 fully saturated rings. The van der Waals surface area contributed by atoms with Crippen molar-refractivity contribution in [2.24, 2.45) is 22.7 Å². The van der Waals surface area contributed by atoms with Gasteiger partial charge in [0.15, 0.2) is 0 Å². The predicted molar refractivity (Wildman–Crippen MR) is 197 cm³/mol. The fourth-order valence-corrected chi connectivity index (χ4v) is 8.35. The van der Waals surface area contributed by atoms with Crippen LogP contribution in [0.5, 0.6) is 0 Å². The summed E-state index contributed by atoms with van der Waals surface area (Å²) in [6.07, 6.45) is 11.1. The predicted octanol–water partition coefficient (Wildman–Crippen LogP) is 12.3. The van der Waals surface area contributed by atoms with Crippen LogP contribution < -0.4 is 0 Å². The first-order valence-electron chi connectivity index (χ1n) is 15.4. The van der Waals surface area contributed by atoms with E-state index in [9.17, 15) is 0 Å². The molecule has 1 heterocycles. The van der Waals surface area contributed by atoms with E-state index in [1.807, 2.05) is 0 Å². The molecular weight excluding hydrogens is 721 g/mol. The minimum atomic E-state index is 0. The van der Waals surface area contributed by atoms with E-state index in [2.05, 4.69) is 145 Å². The quantitative estimate of drug-likeness (QED) is 0.119. The SMILES string of the molecule is CC1C(C)(C)C2=C(CCCC2)C1(C)C.CC1C(C)(C)c2ccccc2C1(C)C.CPI.ICC1CCCCO1.[HH]. The van der Waals surface area contributed by atoms with Crippen molar-refractivity contribution >= 4 is 50.9 Å². The van der Waals surface area contributed by atoms with Crippen molar-refractivity contribution in [2.75, 3.05) is 17.7 Å². The van der Waals surface area contributed by atoms with Crippen LogP contribution in [0.25, 0.3) is 0 Å². The summed E-state index contributed by atoms with van der Waals surface area (Å²) in [4.78, 5) is 0. The molecular formula is C35H61I2OP. The van der Waals surface area contributed by atoms with Gasteiger partial charge in [-0.25, -0.2) is 0 Å². The molecule has 1 aliphatic heterocycles. The molecule has 0 spiro atoms.